The van der Waals surface area contributed by atoms with Crippen LogP contribution >= 0.6 is 11.8 Å². The maximum Gasteiger partial charge on any atom is 0.0540 e. The van der Waals surface area contributed by atoms with Gasteiger partial charge in [0.25, 0.3) is 0 Å². The summed E-state index contributed by atoms with van der Waals surface area (Å²) >= 11 is 1.91. The summed E-state index contributed by atoms with van der Waals surface area (Å²) < 4.78 is 2.01. The van der Waals surface area contributed by atoms with E-state index in [0.717, 1.165) is 30.9 Å². The van der Waals surface area contributed by atoms with Gasteiger partial charge in [0.1, 0.15) is 0 Å². The molecule has 1 aliphatic rings. The molecule has 102 valence electrons. The second-order valence-electron chi connectivity index (χ2n) is 4.76. The zero-order valence-corrected chi connectivity index (χ0v) is 11.9. The van der Waals surface area contributed by atoms with Gasteiger partial charge in [-0.15, -0.1) is 0 Å². The lowest BCUT2D eigenvalue weighted by Gasteiger charge is -2.23. The van der Waals surface area contributed by atoms with Crippen molar-refractivity contribution in [2.45, 2.75) is 31.7 Å². The van der Waals surface area contributed by atoms with Crippen LogP contribution in [0.3, 0.4) is 0 Å². The van der Waals surface area contributed by atoms with Crippen LogP contribution in [0.15, 0.2) is 6.20 Å². The van der Waals surface area contributed by atoms with Crippen LogP contribution in [-0.4, -0.2) is 39.5 Å². The highest BCUT2D eigenvalue weighted by atomic mass is 32.2. The van der Waals surface area contributed by atoms with Crippen LogP contribution in [0.25, 0.3) is 0 Å². The third kappa shape index (κ3) is 3.49. The predicted octanol–water partition coefficient (Wildman–Crippen LogP) is 1.50. The fraction of sp³-hybridized carbons (Fsp3) is 0.769. The van der Waals surface area contributed by atoms with Crippen molar-refractivity contribution < 1.29 is 5.11 Å². The van der Waals surface area contributed by atoms with E-state index in [1.165, 1.54) is 24.1 Å². The smallest absolute Gasteiger partial charge is 0.0540 e. The second-order valence-corrected chi connectivity index (χ2v) is 5.98. The Balaban J connectivity index is 1.74. The molecule has 0 saturated heterocycles. The molecular weight excluding hydrogens is 246 g/mol. The van der Waals surface area contributed by atoms with Crippen molar-refractivity contribution in [2.24, 2.45) is 7.05 Å². The molecule has 0 spiro atoms. The van der Waals surface area contributed by atoms with E-state index in [2.05, 4.69) is 10.4 Å². The maximum absolute atomic E-state index is 8.70. The van der Waals surface area contributed by atoms with Crippen molar-refractivity contribution in [1.82, 2.24) is 15.1 Å². The number of hydrogen-bond acceptors (Lipinski definition) is 4. The van der Waals surface area contributed by atoms with E-state index in [1.54, 1.807) is 0 Å². The van der Waals surface area contributed by atoms with Crippen LogP contribution in [0, 0.1) is 0 Å². The summed E-state index contributed by atoms with van der Waals surface area (Å²) in [7, 11) is 2.03. The largest absolute Gasteiger partial charge is 0.396 e. The number of fused-ring (bicyclic) bond motifs is 1. The number of aromatic nitrogens is 2. The fourth-order valence-corrected chi connectivity index (χ4v) is 3.29. The van der Waals surface area contributed by atoms with Gasteiger partial charge in [-0.2, -0.15) is 16.9 Å². The average molecular weight is 269 g/mol. The molecule has 4 nitrogen and oxygen atoms in total. The number of hydrogen-bond donors (Lipinski definition) is 2. The summed E-state index contributed by atoms with van der Waals surface area (Å²) in [4.78, 5) is 0. The molecule has 0 saturated carbocycles. The Hall–Kier alpha value is -0.520. The SMILES string of the molecule is Cn1ncc2c1CCCC2NCCSCCCO. The third-order valence-corrected chi connectivity index (χ3v) is 4.53. The summed E-state index contributed by atoms with van der Waals surface area (Å²) in [6, 6.07) is 0.487. The molecule has 0 bridgehead atoms. The lowest BCUT2D eigenvalue weighted by Crippen LogP contribution is -2.27. The van der Waals surface area contributed by atoms with Gasteiger partial charge < -0.3 is 10.4 Å². The summed E-state index contributed by atoms with van der Waals surface area (Å²) in [6.45, 7) is 1.34. The fourth-order valence-electron chi connectivity index (χ4n) is 2.49. The van der Waals surface area contributed by atoms with Crippen molar-refractivity contribution in [2.75, 3.05) is 24.7 Å². The minimum Gasteiger partial charge on any atom is -0.396 e. The first-order valence-electron chi connectivity index (χ1n) is 6.75. The number of nitrogens with one attached hydrogen (secondary N) is 1. The highest BCUT2D eigenvalue weighted by molar-refractivity contribution is 7.99. The molecule has 0 fully saturated rings. The van der Waals surface area contributed by atoms with E-state index >= 15 is 0 Å². The van der Waals surface area contributed by atoms with E-state index in [-0.39, 0.29) is 0 Å². The molecule has 1 heterocycles. The summed E-state index contributed by atoms with van der Waals surface area (Å²) in [5.74, 6) is 2.17. The quantitative estimate of drug-likeness (QED) is 0.737. The van der Waals surface area contributed by atoms with Gasteiger partial charge in [-0.3, -0.25) is 4.68 Å². The second kappa shape index (κ2) is 7.16. The molecule has 0 amide bonds. The molecule has 18 heavy (non-hydrogen) atoms. The highest BCUT2D eigenvalue weighted by Crippen LogP contribution is 2.28. The van der Waals surface area contributed by atoms with Gasteiger partial charge in [0.05, 0.1) is 6.20 Å². The summed E-state index contributed by atoms with van der Waals surface area (Å²) in [5, 5.41) is 16.7. The first-order valence-corrected chi connectivity index (χ1v) is 7.91. The minimum atomic E-state index is 0.308. The van der Waals surface area contributed by atoms with Gasteiger partial charge in [-0.1, -0.05) is 0 Å². The molecule has 1 aliphatic carbocycles. The van der Waals surface area contributed by atoms with Gasteiger partial charge in [0.15, 0.2) is 0 Å². The van der Waals surface area contributed by atoms with E-state index < -0.39 is 0 Å². The standard InChI is InChI=1S/C13H23N3OS/c1-16-13-5-2-4-12(11(13)10-15-16)14-6-9-18-8-3-7-17/h10,12,14,17H,2-9H2,1H3. The number of aryl methyl sites for hydroxylation is 1. The van der Waals surface area contributed by atoms with Crippen molar-refractivity contribution in [3.05, 3.63) is 17.5 Å². The molecule has 1 atom stereocenters. The molecule has 0 aromatic carbocycles. The van der Waals surface area contributed by atoms with Gasteiger partial charge in [-0.25, -0.2) is 0 Å². The van der Waals surface area contributed by atoms with E-state index in [1.807, 2.05) is 29.7 Å². The Morgan fingerprint density at radius 1 is 1.56 bits per heavy atom. The van der Waals surface area contributed by atoms with Crippen molar-refractivity contribution >= 4 is 11.8 Å². The Bertz CT molecular complexity index is 367. The third-order valence-electron chi connectivity index (χ3n) is 3.46. The Kier molecular flexibility index (Phi) is 5.53. The van der Waals surface area contributed by atoms with Crippen LogP contribution < -0.4 is 5.32 Å². The predicted molar refractivity (Wildman–Crippen MR) is 75.9 cm³/mol. The van der Waals surface area contributed by atoms with Crippen LogP contribution in [0.4, 0.5) is 0 Å². The van der Waals surface area contributed by atoms with Crippen molar-refractivity contribution in [1.29, 1.82) is 0 Å². The van der Waals surface area contributed by atoms with E-state index in [0.29, 0.717) is 12.6 Å². The Labute approximate surface area is 113 Å². The monoisotopic (exact) mass is 269 g/mol. The Morgan fingerprint density at radius 2 is 2.44 bits per heavy atom. The highest BCUT2D eigenvalue weighted by Gasteiger charge is 2.22. The lowest BCUT2D eigenvalue weighted by molar-refractivity contribution is 0.296. The normalized spacial score (nSPS) is 18.9. The molecule has 0 aliphatic heterocycles. The van der Waals surface area contributed by atoms with Gasteiger partial charge >= 0.3 is 0 Å². The van der Waals surface area contributed by atoms with Crippen LogP contribution in [0.5, 0.6) is 0 Å². The maximum atomic E-state index is 8.70. The van der Waals surface area contributed by atoms with E-state index in [9.17, 15) is 0 Å². The summed E-state index contributed by atoms with van der Waals surface area (Å²) in [5.41, 5.74) is 2.79. The molecule has 1 aromatic heterocycles. The molecule has 0 radical (unpaired) electrons. The molecular formula is C13H23N3OS. The van der Waals surface area contributed by atoms with Gasteiger partial charge in [-0.05, 0) is 31.4 Å². The lowest BCUT2D eigenvalue weighted by atomic mass is 9.93. The number of aliphatic hydroxyl groups is 1. The number of thioether (sulfide) groups is 1. The van der Waals surface area contributed by atoms with Crippen molar-refractivity contribution in [3.8, 4) is 0 Å². The zero-order chi connectivity index (χ0) is 12.8. The number of nitrogens with zero attached hydrogens (tertiary/aromatic N) is 2. The molecule has 1 unspecified atom stereocenters. The summed E-state index contributed by atoms with van der Waals surface area (Å²) in [6.07, 6.45) is 6.56. The molecule has 5 heteroatoms. The first kappa shape index (κ1) is 13.9. The molecule has 1 aromatic rings. The topological polar surface area (TPSA) is 50.1 Å². The van der Waals surface area contributed by atoms with Crippen LogP contribution in [0.1, 0.15) is 36.6 Å². The Morgan fingerprint density at radius 3 is 3.28 bits per heavy atom. The number of aliphatic hydroxyl groups excluding tert-OH is 1. The van der Waals surface area contributed by atoms with E-state index in [4.69, 9.17) is 5.11 Å². The average Bonchev–Trinajstić information content (AvgIpc) is 2.77. The van der Waals surface area contributed by atoms with Crippen molar-refractivity contribution in [3.63, 3.8) is 0 Å². The molecule has 2 rings (SSSR count). The van der Waals surface area contributed by atoms with Gasteiger partial charge in [0.2, 0.25) is 0 Å². The van der Waals surface area contributed by atoms with Gasteiger partial charge in [0, 0.05) is 43.3 Å². The van der Waals surface area contributed by atoms with Crippen LogP contribution in [-0.2, 0) is 13.5 Å². The zero-order valence-electron chi connectivity index (χ0n) is 11.1. The number of rotatable bonds is 7. The minimum absolute atomic E-state index is 0.308. The van der Waals surface area contributed by atoms with Crippen LogP contribution in [0.2, 0.25) is 0 Å². The first-order chi connectivity index (χ1) is 8.83. The molecule has 2 N–H and O–H groups in total.